The second kappa shape index (κ2) is 7.74. The summed E-state index contributed by atoms with van der Waals surface area (Å²) in [5.41, 5.74) is -0.816. The van der Waals surface area contributed by atoms with Crippen LogP contribution in [-0.2, 0) is 22.3 Å². The van der Waals surface area contributed by atoms with E-state index < -0.39 is 23.7 Å². The van der Waals surface area contributed by atoms with Gasteiger partial charge in [-0.15, -0.1) is 0 Å². The zero-order chi connectivity index (χ0) is 23.4. The molecule has 0 radical (unpaired) electrons. The molecule has 174 valence electrons. The summed E-state index contributed by atoms with van der Waals surface area (Å²) in [5, 5.41) is 0. The number of fused-ring (bicyclic) bond motifs is 2. The highest BCUT2D eigenvalue weighted by atomic mass is 19.4. The predicted molar refractivity (Wildman–Crippen MR) is 111 cm³/mol. The van der Waals surface area contributed by atoms with E-state index in [9.17, 15) is 27.2 Å². The Balaban J connectivity index is 1.26. The molecule has 4 aliphatic rings. The van der Waals surface area contributed by atoms with Gasteiger partial charge in [0, 0.05) is 37.2 Å². The van der Waals surface area contributed by atoms with Gasteiger partial charge in [0.05, 0.1) is 5.56 Å². The highest BCUT2D eigenvalue weighted by Crippen LogP contribution is 2.60. The van der Waals surface area contributed by atoms with Crippen LogP contribution in [0.3, 0.4) is 0 Å². The van der Waals surface area contributed by atoms with E-state index >= 15 is 0 Å². The van der Waals surface area contributed by atoms with Gasteiger partial charge in [-0.2, -0.15) is 13.2 Å². The van der Waals surface area contributed by atoms with Gasteiger partial charge in [0.15, 0.2) is 0 Å². The van der Waals surface area contributed by atoms with Crippen molar-refractivity contribution in [3.8, 4) is 0 Å². The van der Waals surface area contributed by atoms with Crippen molar-refractivity contribution in [2.75, 3.05) is 24.5 Å². The van der Waals surface area contributed by atoms with Crippen LogP contribution in [0.1, 0.15) is 24.0 Å². The van der Waals surface area contributed by atoms with Gasteiger partial charge in [-0.05, 0) is 42.0 Å². The third-order valence-corrected chi connectivity index (χ3v) is 7.34. The zero-order valence-electron chi connectivity index (χ0n) is 17.6. The number of piperidine rings is 2. The largest absolute Gasteiger partial charge is 0.445 e. The van der Waals surface area contributed by atoms with Gasteiger partial charge >= 0.3 is 12.3 Å². The lowest BCUT2D eigenvalue weighted by Gasteiger charge is -2.60. The van der Waals surface area contributed by atoms with E-state index in [0.717, 1.165) is 18.1 Å². The van der Waals surface area contributed by atoms with Gasteiger partial charge in [-0.3, -0.25) is 4.79 Å². The van der Waals surface area contributed by atoms with Crippen LogP contribution < -0.4 is 4.90 Å². The van der Waals surface area contributed by atoms with Crippen LogP contribution in [0.4, 0.5) is 28.0 Å². The maximum Gasteiger partial charge on any atom is 0.419 e. The Bertz CT molecular complexity index is 1080. The molecule has 6 rings (SSSR count). The SMILES string of the molecule is O=C(OCc1ccccc1)N1CC2CC(C1)C21CC(=O)N(c2ccc(F)c(C(F)(F)F)c2)C1. The van der Waals surface area contributed by atoms with Crippen LogP contribution in [0.5, 0.6) is 0 Å². The fourth-order valence-corrected chi connectivity index (χ4v) is 5.56. The Kier molecular flexibility index (Phi) is 5.10. The molecule has 2 atom stereocenters. The monoisotopic (exact) mass is 462 g/mol. The molecule has 2 amide bonds. The summed E-state index contributed by atoms with van der Waals surface area (Å²) in [6.45, 7) is 1.34. The van der Waals surface area contributed by atoms with E-state index in [1.807, 2.05) is 30.3 Å². The van der Waals surface area contributed by atoms with E-state index in [1.54, 1.807) is 4.90 Å². The Morgan fingerprint density at radius 3 is 2.45 bits per heavy atom. The first kappa shape index (κ1) is 21.7. The van der Waals surface area contributed by atoms with Gasteiger partial charge in [-0.1, -0.05) is 30.3 Å². The first-order chi connectivity index (χ1) is 15.7. The van der Waals surface area contributed by atoms with E-state index in [1.165, 1.54) is 11.0 Å². The van der Waals surface area contributed by atoms with Crippen LogP contribution in [0.25, 0.3) is 0 Å². The highest BCUT2D eigenvalue weighted by Gasteiger charge is 2.63. The Morgan fingerprint density at radius 1 is 1.09 bits per heavy atom. The molecule has 1 saturated carbocycles. The topological polar surface area (TPSA) is 49.9 Å². The molecule has 2 bridgehead atoms. The lowest BCUT2D eigenvalue weighted by atomic mass is 9.50. The number of anilines is 1. The van der Waals surface area contributed by atoms with Crippen molar-refractivity contribution in [3.05, 3.63) is 65.5 Å². The van der Waals surface area contributed by atoms with E-state index in [0.29, 0.717) is 19.2 Å². The molecule has 3 heterocycles. The van der Waals surface area contributed by atoms with Crippen LogP contribution >= 0.6 is 0 Å². The summed E-state index contributed by atoms with van der Waals surface area (Å²) < 4.78 is 58.5. The highest BCUT2D eigenvalue weighted by molar-refractivity contribution is 5.96. The predicted octanol–water partition coefficient (Wildman–Crippen LogP) is 4.86. The summed E-state index contributed by atoms with van der Waals surface area (Å²) in [7, 11) is 0. The maximum atomic E-state index is 13.7. The molecular weight excluding hydrogens is 440 g/mol. The number of ether oxygens (including phenoxy) is 1. The fourth-order valence-electron chi connectivity index (χ4n) is 5.56. The zero-order valence-corrected chi connectivity index (χ0v) is 17.6. The summed E-state index contributed by atoms with van der Waals surface area (Å²) in [6, 6.07) is 12.0. The number of benzene rings is 2. The van der Waals surface area contributed by atoms with Gasteiger partial charge in [-0.25, -0.2) is 9.18 Å². The van der Waals surface area contributed by atoms with E-state index in [2.05, 4.69) is 0 Å². The molecule has 33 heavy (non-hydrogen) atoms. The molecule has 0 N–H and O–H groups in total. The number of carbonyl (C=O) groups is 2. The summed E-state index contributed by atoms with van der Waals surface area (Å²) in [4.78, 5) is 28.3. The lowest BCUT2D eigenvalue weighted by Crippen LogP contribution is -2.64. The minimum atomic E-state index is -4.84. The van der Waals surface area contributed by atoms with E-state index in [-0.39, 0.29) is 48.4 Å². The molecule has 1 aliphatic carbocycles. The van der Waals surface area contributed by atoms with Gasteiger partial charge in [0.1, 0.15) is 12.4 Å². The number of hydrogen-bond donors (Lipinski definition) is 0. The van der Waals surface area contributed by atoms with Crippen LogP contribution in [0, 0.1) is 23.1 Å². The molecule has 3 aliphatic heterocycles. The first-order valence-corrected chi connectivity index (χ1v) is 10.8. The van der Waals surface area contributed by atoms with Crippen molar-refractivity contribution < 1.29 is 31.9 Å². The minimum Gasteiger partial charge on any atom is -0.445 e. The number of alkyl halides is 3. The van der Waals surface area contributed by atoms with Crippen LogP contribution in [0.2, 0.25) is 0 Å². The lowest BCUT2D eigenvalue weighted by molar-refractivity contribution is -0.140. The van der Waals surface area contributed by atoms with Crippen LogP contribution in [0.15, 0.2) is 48.5 Å². The van der Waals surface area contributed by atoms with E-state index in [4.69, 9.17) is 4.74 Å². The number of carbonyl (C=O) groups excluding carboxylic acids is 2. The molecule has 3 saturated heterocycles. The summed E-state index contributed by atoms with van der Waals surface area (Å²) in [5.74, 6) is -1.50. The molecule has 4 fully saturated rings. The second-order valence-electron chi connectivity index (χ2n) is 9.13. The molecular formula is C24H22F4N2O3. The molecule has 2 aromatic carbocycles. The van der Waals surface area contributed by atoms with Crippen molar-refractivity contribution >= 4 is 17.7 Å². The van der Waals surface area contributed by atoms with Crippen molar-refractivity contribution in [1.82, 2.24) is 4.90 Å². The molecule has 9 heteroatoms. The third-order valence-electron chi connectivity index (χ3n) is 7.34. The van der Waals surface area contributed by atoms with Crippen molar-refractivity contribution in [2.24, 2.45) is 17.3 Å². The molecule has 2 aromatic rings. The number of nitrogens with zero attached hydrogens (tertiary/aromatic N) is 2. The average molecular weight is 462 g/mol. The first-order valence-electron chi connectivity index (χ1n) is 10.8. The minimum absolute atomic E-state index is 0.0506. The Morgan fingerprint density at radius 2 is 1.79 bits per heavy atom. The van der Waals surface area contributed by atoms with Crippen molar-refractivity contribution in [1.29, 1.82) is 0 Å². The smallest absolute Gasteiger partial charge is 0.419 e. The molecule has 0 aromatic heterocycles. The molecule has 1 spiro atoms. The summed E-state index contributed by atoms with van der Waals surface area (Å²) >= 11 is 0. The second-order valence-corrected chi connectivity index (χ2v) is 9.13. The maximum absolute atomic E-state index is 13.7. The van der Waals surface area contributed by atoms with Gasteiger partial charge in [0.25, 0.3) is 0 Å². The Hall–Kier alpha value is -3.10. The number of hydrogen-bond acceptors (Lipinski definition) is 3. The quantitative estimate of drug-likeness (QED) is 0.613. The summed E-state index contributed by atoms with van der Waals surface area (Å²) in [6.07, 6.45) is -4.17. The number of amides is 2. The van der Waals surface area contributed by atoms with Crippen LogP contribution in [-0.4, -0.2) is 36.5 Å². The van der Waals surface area contributed by atoms with Gasteiger partial charge in [0.2, 0.25) is 5.91 Å². The third kappa shape index (κ3) is 3.73. The van der Waals surface area contributed by atoms with Crippen molar-refractivity contribution in [3.63, 3.8) is 0 Å². The number of rotatable bonds is 3. The van der Waals surface area contributed by atoms with Gasteiger partial charge < -0.3 is 14.5 Å². The molecule has 2 unspecified atom stereocenters. The number of halogens is 4. The standard InChI is InChI=1S/C24H22F4N2O3/c25-20-7-6-18(9-19(20)24(26,27)28)30-14-23(10-21(30)31)16-8-17(23)12-29(11-16)22(32)33-13-15-4-2-1-3-5-15/h1-7,9,16-17H,8,10-14H2. The normalized spacial score (nSPS) is 26.5. The Labute approximate surface area is 187 Å². The molecule has 5 nitrogen and oxygen atoms in total. The van der Waals surface area contributed by atoms with Crippen molar-refractivity contribution in [2.45, 2.75) is 25.6 Å². The average Bonchev–Trinajstić information content (AvgIpc) is 3.17. The fraction of sp³-hybridized carbons (Fsp3) is 0.417.